The molecule has 0 amide bonds. The van der Waals surface area contributed by atoms with E-state index in [0.29, 0.717) is 0 Å². The van der Waals surface area contributed by atoms with E-state index in [1.54, 1.807) is 0 Å². The Kier molecular flexibility index (Phi) is 13.1. The summed E-state index contributed by atoms with van der Waals surface area (Å²) in [5, 5.41) is 3.49. The second kappa shape index (κ2) is 20.3. The molecular weight excluding hydrogens is 1050 g/mol. The molecule has 12 aromatic rings. The van der Waals surface area contributed by atoms with Crippen LogP contribution in [0.2, 0.25) is 0 Å². The number of fused-ring (bicyclic) bond motifs is 6. The maximum Gasteiger partial charge on any atom is 3.00 e. The zero-order chi connectivity index (χ0) is 47.7. The molecular formula is C67H49IrN4. The fourth-order valence-corrected chi connectivity index (χ4v) is 10.1. The summed E-state index contributed by atoms with van der Waals surface area (Å²) in [4.78, 5) is 14.3. The van der Waals surface area contributed by atoms with Crippen LogP contribution in [-0.2, 0) is 45.8 Å². The van der Waals surface area contributed by atoms with E-state index in [0.717, 1.165) is 81.6 Å². The Hall–Kier alpha value is -8.08. The number of imidazole rings is 1. The van der Waals surface area contributed by atoms with Crippen molar-refractivity contribution in [3.05, 3.63) is 264 Å². The number of aromatic nitrogens is 4. The van der Waals surface area contributed by atoms with Gasteiger partial charge in [-0.2, -0.15) is 0 Å². The van der Waals surface area contributed by atoms with Crippen LogP contribution < -0.4 is 0 Å². The first-order valence-electron chi connectivity index (χ1n) is 24.5. The molecule has 346 valence electrons. The number of rotatable bonds is 12. The molecule has 0 radical (unpaired) electrons. The van der Waals surface area contributed by atoms with Gasteiger partial charge in [-0.05, 0) is 106 Å². The minimum Gasteiger partial charge on any atom is -0.337 e. The van der Waals surface area contributed by atoms with Crippen LogP contribution in [-0.4, -0.2) is 19.4 Å². The van der Waals surface area contributed by atoms with E-state index in [1.807, 2.05) is 30.6 Å². The van der Waals surface area contributed by atoms with Crippen molar-refractivity contribution in [1.82, 2.24) is 19.4 Å². The van der Waals surface area contributed by atoms with E-state index in [2.05, 4.69) is 223 Å². The van der Waals surface area contributed by atoms with Gasteiger partial charge in [0.05, 0.1) is 5.65 Å². The van der Waals surface area contributed by atoms with Crippen LogP contribution >= 0.6 is 0 Å². The van der Waals surface area contributed by atoms with Crippen molar-refractivity contribution in [3.63, 3.8) is 0 Å². The van der Waals surface area contributed by atoms with Crippen LogP contribution in [0.15, 0.2) is 213 Å². The maximum absolute atomic E-state index is 5.01. The summed E-state index contributed by atoms with van der Waals surface area (Å²) in [6, 6.07) is 82.5. The Morgan fingerprint density at radius 1 is 0.417 bits per heavy atom. The van der Waals surface area contributed by atoms with Crippen LogP contribution in [0.4, 0.5) is 0 Å². The fourth-order valence-electron chi connectivity index (χ4n) is 10.1. The van der Waals surface area contributed by atoms with Gasteiger partial charge in [-0.15, -0.1) is 94.4 Å². The quantitative estimate of drug-likeness (QED) is 0.0904. The average Bonchev–Trinajstić information content (AvgIpc) is 3.75. The molecule has 0 aliphatic rings. The Labute approximate surface area is 435 Å². The van der Waals surface area contributed by atoms with E-state index in [4.69, 9.17) is 9.97 Å². The summed E-state index contributed by atoms with van der Waals surface area (Å²) < 4.78 is 2.29. The predicted octanol–water partition coefficient (Wildman–Crippen LogP) is 16.0. The molecule has 4 heterocycles. The van der Waals surface area contributed by atoms with Crippen molar-refractivity contribution in [2.24, 2.45) is 0 Å². The van der Waals surface area contributed by atoms with Crippen molar-refractivity contribution in [1.29, 1.82) is 0 Å². The third-order valence-electron chi connectivity index (χ3n) is 14.0. The van der Waals surface area contributed by atoms with Crippen molar-refractivity contribution in [2.45, 2.75) is 39.5 Å². The number of nitrogens with zero attached hydrogens (tertiary/aromatic N) is 4. The van der Waals surface area contributed by atoms with Gasteiger partial charge in [-0.3, -0.25) is 4.98 Å². The van der Waals surface area contributed by atoms with Crippen LogP contribution in [0, 0.1) is 32.0 Å². The van der Waals surface area contributed by atoms with Crippen molar-refractivity contribution in [2.75, 3.05) is 0 Å². The molecule has 0 fully saturated rings. The zero-order valence-corrected chi connectivity index (χ0v) is 42.6. The van der Waals surface area contributed by atoms with Gasteiger partial charge in [0, 0.05) is 29.3 Å². The Bertz CT molecular complexity index is 3860. The second-order valence-electron chi connectivity index (χ2n) is 18.5. The summed E-state index contributed by atoms with van der Waals surface area (Å²) >= 11 is 0. The number of hydrogen-bond donors (Lipinski definition) is 0. The molecule has 4 nitrogen and oxygen atoms in total. The molecule has 0 aliphatic carbocycles. The number of aryl methyl sites for hydroxylation is 6. The van der Waals surface area contributed by atoms with Gasteiger partial charge in [0.2, 0.25) is 0 Å². The molecule has 5 heteroatoms. The SMILES string of the molecule is Cc1nc2c3[c-]cc(CCc4cc(CCc5c[c-]c(-c6ccccn6)cc5)cc(-c5ccccc5-c5c[c-]c(-c6cc(-c7ccc(-c8ccccc8)cc7)ccn6)cc5)c4)cc3c3ccccc3n2c1C.[Ir+3]. The molecule has 0 spiro atoms. The molecule has 0 atom stereocenters. The number of para-hydroxylation sites is 1. The summed E-state index contributed by atoms with van der Waals surface area (Å²) in [6.07, 6.45) is 7.31. The number of hydrogen-bond acceptors (Lipinski definition) is 3. The van der Waals surface area contributed by atoms with E-state index in [9.17, 15) is 0 Å². The molecule has 0 saturated heterocycles. The minimum absolute atomic E-state index is 0. The predicted molar refractivity (Wildman–Crippen MR) is 292 cm³/mol. The molecule has 0 bridgehead atoms. The molecule has 0 N–H and O–H groups in total. The van der Waals surface area contributed by atoms with Gasteiger partial charge in [-0.1, -0.05) is 163 Å². The topological polar surface area (TPSA) is 43.1 Å². The molecule has 72 heavy (non-hydrogen) atoms. The van der Waals surface area contributed by atoms with Crippen molar-refractivity contribution < 1.29 is 20.1 Å². The average molecular weight is 1100 g/mol. The number of pyridine rings is 3. The van der Waals surface area contributed by atoms with Gasteiger partial charge in [0.15, 0.2) is 0 Å². The number of benzene rings is 8. The Morgan fingerprint density at radius 2 is 1.03 bits per heavy atom. The third-order valence-corrected chi connectivity index (χ3v) is 14.0. The Morgan fingerprint density at radius 3 is 1.76 bits per heavy atom. The molecule has 0 unspecified atom stereocenters. The van der Waals surface area contributed by atoms with E-state index in [-0.39, 0.29) is 20.1 Å². The van der Waals surface area contributed by atoms with Crippen LogP contribution in [0.3, 0.4) is 0 Å². The van der Waals surface area contributed by atoms with Crippen LogP contribution in [0.25, 0.3) is 94.3 Å². The van der Waals surface area contributed by atoms with Gasteiger partial charge >= 0.3 is 20.1 Å². The standard InChI is InChI=1S/C67H49N4.Ir/c1-45-46(2)71-66-18-9-8-16-61(66)63-43-48(25-36-62(63)67(71)70-45)20-22-50-40-49(21-19-47-23-26-55(27-24-47)64-17-10-11-38-68-64)41-58(42-50)60-15-7-6-14-59(60)54-32-34-56(35-33-54)65-44-57(37-39-69-65)53-30-28-52(29-31-53)51-12-4-3-5-13-51;/h3-18,23-26,28-34,37-44H,19-22H2,1-2H3;/q-3;+3. The van der Waals surface area contributed by atoms with E-state index >= 15 is 0 Å². The smallest absolute Gasteiger partial charge is 0.337 e. The molecule has 0 saturated carbocycles. The minimum atomic E-state index is 0. The monoisotopic (exact) mass is 1100 g/mol. The van der Waals surface area contributed by atoms with Crippen LogP contribution in [0.5, 0.6) is 0 Å². The van der Waals surface area contributed by atoms with Gasteiger partial charge < -0.3 is 14.4 Å². The zero-order valence-electron chi connectivity index (χ0n) is 40.2. The molecule has 8 aromatic carbocycles. The molecule has 12 rings (SSSR count). The Balaban J connectivity index is 0.00000560. The van der Waals surface area contributed by atoms with E-state index < -0.39 is 0 Å². The van der Waals surface area contributed by atoms with Crippen LogP contribution in [0.1, 0.15) is 33.6 Å². The first kappa shape index (κ1) is 46.3. The summed E-state index contributed by atoms with van der Waals surface area (Å²) in [6.45, 7) is 4.25. The fraction of sp³-hybridized carbons (Fsp3) is 0.0896. The third kappa shape index (κ3) is 9.33. The first-order chi connectivity index (χ1) is 35.0. The van der Waals surface area contributed by atoms with Crippen molar-refractivity contribution in [3.8, 4) is 67.0 Å². The largest absolute Gasteiger partial charge is 3.00 e. The van der Waals surface area contributed by atoms with E-state index in [1.165, 1.54) is 72.1 Å². The summed E-state index contributed by atoms with van der Waals surface area (Å²) in [5.74, 6) is 0. The summed E-state index contributed by atoms with van der Waals surface area (Å²) in [7, 11) is 0. The van der Waals surface area contributed by atoms with Gasteiger partial charge in [0.1, 0.15) is 0 Å². The van der Waals surface area contributed by atoms with Gasteiger partial charge in [0.25, 0.3) is 0 Å². The normalized spacial score (nSPS) is 11.3. The van der Waals surface area contributed by atoms with Gasteiger partial charge in [-0.25, -0.2) is 0 Å². The second-order valence-corrected chi connectivity index (χ2v) is 18.5. The summed E-state index contributed by atoms with van der Waals surface area (Å²) in [5.41, 5.74) is 22.7. The molecule has 4 aromatic heterocycles. The molecule has 0 aliphatic heterocycles. The first-order valence-corrected chi connectivity index (χ1v) is 24.5. The van der Waals surface area contributed by atoms with Crippen molar-refractivity contribution >= 4 is 27.3 Å². The maximum atomic E-state index is 5.01.